The first-order valence-corrected chi connectivity index (χ1v) is 63.9. The van der Waals surface area contributed by atoms with Crippen LogP contribution in [0.15, 0.2) is 362 Å². The van der Waals surface area contributed by atoms with E-state index in [1.807, 2.05) is 243 Å². The summed E-state index contributed by atoms with van der Waals surface area (Å²) in [6.45, 7) is 4.90. The number of halogens is 24. The van der Waals surface area contributed by atoms with E-state index < -0.39 is 133 Å². The number of rotatable bonds is 25. The lowest BCUT2D eigenvalue weighted by atomic mass is 10.3. The molecule has 0 bridgehead atoms. The van der Waals surface area contributed by atoms with Crippen molar-refractivity contribution in [3.8, 4) is 57.5 Å². The molecule has 3 unspecified atom stereocenters. The third kappa shape index (κ3) is 39.9. The van der Waals surface area contributed by atoms with E-state index in [1.54, 1.807) is 45.0 Å². The molecule has 0 aromatic heterocycles. The summed E-state index contributed by atoms with van der Waals surface area (Å²) >= 11 is 76.1. The van der Waals surface area contributed by atoms with Crippen molar-refractivity contribution in [3.05, 3.63) is 303 Å². The molecule has 0 amide bonds. The lowest BCUT2D eigenvalue weighted by molar-refractivity contribution is -0.135. The SMILES string of the molecule is C.CC(Br)C(=O)Oc1cc(OC(=O)C(C)Br)c([S+](c2ccccc2)c2ccccc2)c(OC(=O)C(C)Br)c1.O=C(Oc1cc(OC(=O)C(Br)(Br)Br)c([S+](c2ccccc2)c2ccccc2)c(OC(=O)C(Br)(Br)Br)c1)C(Br)(Br)Br.O=C(Oc1cc(OC(=O)C(Br)(Br)Br)cc([S+](c2ccccc2)c2ccccc2)c1)C(Br)(Br)Br.O=C(Oc1ccc([S+](c2ccccc2)c2ccccc2)c(OC(=O)C(Br)(Br)Br)c1)C(Br)(Br)Br. The van der Waals surface area contributed by atoms with Gasteiger partial charge in [-0.25, -0.2) is 33.6 Å². The van der Waals surface area contributed by atoms with Gasteiger partial charge in [0.25, 0.3) is 9.79 Å². The van der Waals surface area contributed by atoms with E-state index in [0.717, 1.165) is 49.0 Å². The quantitative estimate of drug-likeness (QED) is 0.0223. The molecule has 0 spiro atoms. The van der Waals surface area contributed by atoms with Gasteiger partial charge < -0.3 is 47.4 Å². The normalized spacial score (nSPS) is 12.2. The first kappa shape index (κ1) is 127. The molecule has 0 aliphatic carbocycles. The molecule has 48 heteroatoms. The molecule has 12 aromatic rings. The minimum Gasteiger partial charge on any atom is -0.425 e. The smallest absolute Gasteiger partial charge is 0.350 e. The fourth-order valence-corrected chi connectivity index (χ4v) is 21.9. The second kappa shape index (κ2) is 58.9. The Bertz CT molecular complexity index is 6160. The molecule has 0 aliphatic heterocycles. The Hall–Kier alpha value is -1.74. The molecular formula is C96H66Br24O20S4+4. The molecule has 0 saturated heterocycles. The van der Waals surface area contributed by atoms with Gasteiger partial charge in [0.1, 0.15) is 75.9 Å². The number of esters is 10. The molecule has 0 saturated carbocycles. The molecule has 0 aliphatic rings. The first-order chi connectivity index (χ1) is 67.0. The third-order valence-corrected chi connectivity index (χ3v) is 34.1. The maximum atomic E-state index is 13.0. The fraction of sp³-hybridized carbons (Fsp3) is 0.146. The van der Waals surface area contributed by atoms with Crippen molar-refractivity contribution >= 4 is 486 Å². The van der Waals surface area contributed by atoms with Crippen LogP contribution in [-0.4, -0.2) is 89.2 Å². The highest BCUT2D eigenvalue weighted by Gasteiger charge is 2.47. The zero-order valence-corrected chi connectivity index (χ0v) is 113. The van der Waals surface area contributed by atoms with Gasteiger partial charge >= 0.3 is 59.7 Å². The molecule has 20 nitrogen and oxygen atoms in total. The van der Waals surface area contributed by atoms with Crippen molar-refractivity contribution < 1.29 is 95.3 Å². The highest BCUT2D eigenvalue weighted by molar-refractivity contribution is 9.42. The summed E-state index contributed by atoms with van der Waals surface area (Å²) < 4.78 is 47.3. The number of carbonyl (C=O) groups excluding carboxylic acids is 10. The van der Waals surface area contributed by atoms with Crippen LogP contribution in [0.4, 0.5) is 0 Å². The third-order valence-electron chi connectivity index (χ3n) is 17.1. The summed E-state index contributed by atoms with van der Waals surface area (Å²) in [5.74, 6) is -5.47. The van der Waals surface area contributed by atoms with Gasteiger partial charge in [-0.15, -0.1) is 0 Å². The highest BCUT2D eigenvalue weighted by atomic mass is 80.0. The average molecular weight is 3590 g/mol. The largest absolute Gasteiger partial charge is 0.425 e. The molecule has 758 valence electrons. The number of carbonyl (C=O) groups is 10. The Morgan fingerprint density at radius 3 is 0.632 bits per heavy atom. The van der Waals surface area contributed by atoms with E-state index in [-0.39, 0.29) is 64.9 Å². The van der Waals surface area contributed by atoms with Crippen molar-refractivity contribution in [1.29, 1.82) is 0 Å². The van der Waals surface area contributed by atoms with Crippen molar-refractivity contribution in [2.24, 2.45) is 0 Å². The second-order valence-electron chi connectivity index (χ2n) is 27.8. The number of ether oxygens (including phenoxy) is 10. The van der Waals surface area contributed by atoms with Crippen molar-refractivity contribution in [1.82, 2.24) is 0 Å². The summed E-state index contributed by atoms with van der Waals surface area (Å²) in [5.41, 5.74) is 0. The molecular weight excluding hydrogens is 3520 g/mol. The summed E-state index contributed by atoms with van der Waals surface area (Å²) in [5, 5.41) is 0. The maximum absolute atomic E-state index is 13.0. The fourth-order valence-electron chi connectivity index (χ4n) is 11.2. The molecule has 0 fully saturated rings. The monoisotopic (exact) mass is 3560 g/mol. The van der Waals surface area contributed by atoms with E-state index in [0.29, 0.717) is 9.79 Å². The molecule has 144 heavy (non-hydrogen) atoms. The Balaban J connectivity index is 0.000000235. The first-order valence-electron chi connectivity index (χ1n) is 39.6. The average Bonchev–Trinajstić information content (AvgIpc) is 0.766. The van der Waals surface area contributed by atoms with Gasteiger partial charge in [0.15, 0.2) is 72.8 Å². The van der Waals surface area contributed by atoms with E-state index in [9.17, 15) is 47.9 Å². The predicted molar refractivity (Wildman–Crippen MR) is 651 cm³/mol. The summed E-state index contributed by atoms with van der Waals surface area (Å²) in [6.07, 6.45) is 0. The lowest BCUT2D eigenvalue weighted by Crippen LogP contribution is -2.27. The molecule has 3 atom stereocenters. The van der Waals surface area contributed by atoms with Gasteiger partial charge in [-0.05, 0) is 458 Å². The Labute approximate surface area is 1040 Å². The van der Waals surface area contributed by atoms with Crippen LogP contribution in [0, 0.1) is 0 Å². The standard InChI is InChI=1S/C27H24Br3O6S.C24H12Br9O6S.2C22H13Br6O4S.CH4/c1-16(28)25(31)34-19-14-22(35-26(32)17(2)29)24(23(15-19)36-27(33)18(3)30)37(20-10-6-4-7-11-20)21-12-8-5-9-13-21;25-22(26,27)19(34)37-13-11-16(38-20(35)23(28,29)30)18(17(12-13)39-21(36)24(31,32)33)40(14-7-3-1-4-8-14)15-9-5-2-6-10-15;23-21(24,25)19(29)31-14-11-15(32-20(30)22(26,27)28)13-18(12-14)33(16-7-3-1-4-8-16)17-9-5-2-6-10-17;23-21(24,25)19(29)31-14-11-12-18(17(13-14)32-20(30)22(26,27)28)33(15-7-3-1-4-8-15)16-9-5-2-6-10-16;/h4-18H,1-3H3;1-12H;2*1-13H;1H4/q4*+1;. The molecule has 12 aromatic carbocycles. The summed E-state index contributed by atoms with van der Waals surface area (Å²) in [6, 6.07) is 93.5. The van der Waals surface area contributed by atoms with Crippen LogP contribution in [0.25, 0.3) is 0 Å². The van der Waals surface area contributed by atoms with Crippen LogP contribution < -0.4 is 47.4 Å². The van der Waals surface area contributed by atoms with Gasteiger partial charge in [0, 0.05) is 54.6 Å². The predicted octanol–water partition coefficient (Wildman–Crippen LogP) is 34.0. The van der Waals surface area contributed by atoms with Crippen molar-refractivity contribution in [2.75, 3.05) is 0 Å². The Morgan fingerprint density at radius 1 is 0.201 bits per heavy atom. The number of alkyl halides is 24. The van der Waals surface area contributed by atoms with Gasteiger partial charge in [-0.2, -0.15) is 0 Å². The van der Waals surface area contributed by atoms with Gasteiger partial charge in [0.2, 0.25) is 19.9 Å². The van der Waals surface area contributed by atoms with Gasteiger partial charge in [0.05, 0.1) is 10.9 Å². The Kier molecular flexibility index (Phi) is 52.1. The van der Waals surface area contributed by atoms with E-state index in [1.165, 1.54) is 36.4 Å². The van der Waals surface area contributed by atoms with E-state index in [2.05, 4.69) is 382 Å². The summed E-state index contributed by atoms with van der Waals surface area (Å²) in [7, 11) is -3.00. The molecule has 0 heterocycles. The Morgan fingerprint density at radius 2 is 0.389 bits per heavy atom. The second-order valence-corrected chi connectivity index (χ2v) is 87.2. The van der Waals surface area contributed by atoms with Crippen LogP contribution >= 0.6 is 382 Å². The zero-order valence-electron chi connectivity index (χ0n) is 72.0. The van der Waals surface area contributed by atoms with E-state index in [4.69, 9.17) is 47.4 Å². The topological polar surface area (TPSA) is 263 Å². The lowest BCUT2D eigenvalue weighted by Gasteiger charge is -2.20. The minimum absolute atomic E-state index is 0. The minimum atomic E-state index is -1.43. The number of benzene rings is 12. The van der Waals surface area contributed by atoms with Crippen LogP contribution in [0.1, 0.15) is 28.2 Å². The molecule has 0 radical (unpaired) electrons. The number of hydrogen-bond donors (Lipinski definition) is 0. The van der Waals surface area contributed by atoms with E-state index >= 15 is 0 Å². The van der Waals surface area contributed by atoms with Gasteiger partial charge in [-0.3, -0.25) is 14.4 Å². The van der Waals surface area contributed by atoms with Crippen LogP contribution in [0.3, 0.4) is 0 Å². The van der Waals surface area contributed by atoms with Crippen LogP contribution in [0.5, 0.6) is 57.5 Å². The number of hydrogen-bond acceptors (Lipinski definition) is 20. The summed E-state index contributed by atoms with van der Waals surface area (Å²) in [4.78, 5) is 135. The van der Waals surface area contributed by atoms with Gasteiger partial charge in [-0.1, -0.05) is 201 Å². The zero-order chi connectivity index (χ0) is 105. The van der Waals surface area contributed by atoms with Crippen LogP contribution in [-0.2, 0) is 91.5 Å². The molecule has 12 rings (SSSR count). The van der Waals surface area contributed by atoms with Crippen molar-refractivity contribution in [2.45, 2.75) is 116 Å². The highest BCUT2D eigenvalue weighted by Crippen LogP contribution is 2.52. The van der Waals surface area contributed by atoms with Crippen LogP contribution in [0.2, 0.25) is 0 Å². The van der Waals surface area contributed by atoms with Crippen molar-refractivity contribution in [3.63, 3.8) is 0 Å². The molecule has 0 N–H and O–H groups in total. The maximum Gasteiger partial charge on any atom is 0.350 e.